The van der Waals surface area contributed by atoms with E-state index in [1.54, 1.807) is 0 Å². The molecule has 0 radical (unpaired) electrons. The highest BCUT2D eigenvalue weighted by atomic mass is 79.9. The number of carbonyl (C=O) groups is 2. The highest BCUT2D eigenvalue weighted by molar-refractivity contribution is 9.10. The molecule has 1 saturated heterocycles. The van der Waals surface area contributed by atoms with Gasteiger partial charge in [-0.15, -0.1) is 0 Å². The van der Waals surface area contributed by atoms with Crippen molar-refractivity contribution >= 4 is 27.9 Å². The van der Waals surface area contributed by atoms with Crippen LogP contribution in [-0.4, -0.2) is 16.3 Å². The van der Waals surface area contributed by atoms with Gasteiger partial charge >= 0.3 is 11.9 Å². The Labute approximate surface area is 85.0 Å². The zero-order valence-electron chi connectivity index (χ0n) is 7.38. The fourth-order valence-electron chi connectivity index (χ4n) is 2.25. The summed E-state index contributed by atoms with van der Waals surface area (Å²) in [5, 5.41) is 0. The maximum atomic E-state index is 11.4. The van der Waals surface area contributed by atoms with E-state index in [2.05, 4.69) is 27.6 Å². The molecule has 4 heteroatoms. The predicted molar refractivity (Wildman–Crippen MR) is 49.3 cm³/mol. The molecule has 3 nitrogen and oxygen atoms in total. The molecule has 0 N–H and O–H groups in total. The molecule has 1 aliphatic carbocycles. The molecular weight excluding hydrogens is 236 g/mol. The third kappa shape index (κ3) is 1.01. The van der Waals surface area contributed by atoms with Crippen LogP contribution < -0.4 is 0 Å². The summed E-state index contributed by atoms with van der Waals surface area (Å²) in [4.78, 5) is 22.5. The van der Waals surface area contributed by atoms with Crippen LogP contribution in [0.1, 0.15) is 26.2 Å². The molecule has 0 amide bonds. The van der Waals surface area contributed by atoms with Crippen LogP contribution in [0.4, 0.5) is 0 Å². The van der Waals surface area contributed by atoms with Gasteiger partial charge in [0.05, 0.1) is 5.92 Å². The van der Waals surface area contributed by atoms with Gasteiger partial charge in [0.1, 0.15) is 4.32 Å². The number of hydrogen-bond donors (Lipinski definition) is 0. The Kier molecular flexibility index (Phi) is 1.98. The number of fused-ring (bicyclic) bond motifs is 1. The van der Waals surface area contributed by atoms with E-state index in [0.717, 1.165) is 19.3 Å². The number of rotatable bonds is 2. The zero-order chi connectivity index (χ0) is 9.64. The Hall–Kier alpha value is -0.380. The third-order valence-electron chi connectivity index (χ3n) is 3.05. The SMILES string of the molecule is CCCC1CC2C(=O)OC(=O)C12Br. The first-order valence-electron chi connectivity index (χ1n) is 4.55. The summed E-state index contributed by atoms with van der Waals surface area (Å²) in [6.45, 7) is 2.08. The number of halogens is 1. The largest absolute Gasteiger partial charge is 0.392 e. The Morgan fingerprint density at radius 3 is 2.85 bits per heavy atom. The van der Waals surface area contributed by atoms with E-state index < -0.39 is 4.32 Å². The van der Waals surface area contributed by atoms with E-state index in [1.165, 1.54) is 0 Å². The summed E-state index contributed by atoms with van der Waals surface area (Å²) in [6.07, 6.45) is 2.81. The Morgan fingerprint density at radius 2 is 2.31 bits per heavy atom. The molecule has 1 saturated carbocycles. The van der Waals surface area contributed by atoms with E-state index in [-0.39, 0.29) is 23.8 Å². The first kappa shape index (κ1) is 9.19. The van der Waals surface area contributed by atoms with Gasteiger partial charge in [0.2, 0.25) is 0 Å². The number of alkyl halides is 1. The second-order valence-corrected chi connectivity index (χ2v) is 5.06. The molecule has 2 aliphatic rings. The average Bonchev–Trinajstić information content (AvgIpc) is 2.23. The fourth-order valence-corrected chi connectivity index (χ4v) is 3.12. The van der Waals surface area contributed by atoms with E-state index >= 15 is 0 Å². The van der Waals surface area contributed by atoms with Crippen molar-refractivity contribution in [3.8, 4) is 0 Å². The number of carbonyl (C=O) groups excluding carboxylic acids is 2. The molecule has 72 valence electrons. The van der Waals surface area contributed by atoms with Gasteiger partial charge in [-0.3, -0.25) is 4.79 Å². The van der Waals surface area contributed by atoms with Gasteiger partial charge < -0.3 is 4.74 Å². The van der Waals surface area contributed by atoms with Crippen molar-refractivity contribution in [2.75, 3.05) is 0 Å². The highest BCUT2D eigenvalue weighted by Crippen LogP contribution is 2.57. The van der Waals surface area contributed by atoms with E-state index in [0.29, 0.717) is 0 Å². The van der Waals surface area contributed by atoms with Crippen molar-refractivity contribution in [1.82, 2.24) is 0 Å². The zero-order valence-corrected chi connectivity index (χ0v) is 8.96. The van der Waals surface area contributed by atoms with Gasteiger partial charge in [0, 0.05) is 0 Å². The molecule has 13 heavy (non-hydrogen) atoms. The molecule has 2 fully saturated rings. The summed E-state index contributed by atoms with van der Waals surface area (Å²) in [5.74, 6) is -0.681. The minimum absolute atomic E-state index is 0.225. The second-order valence-electron chi connectivity index (χ2n) is 3.75. The van der Waals surface area contributed by atoms with Gasteiger partial charge in [0.15, 0.2) is 0 Å². The molecule has 0 bridgehead atoms. The molecule has 1 aliphatic heterocycles. The fraction of sp³-hybridized carbons (Fsp3) is 0.778. The lowest BCUT2D eigenvalue weighted by Crippen LogP contribution is -2.53. The molecule has 3 atom stereocenters. The Balaban J connectivity index is 2.19. The maximum absolute atomic E-state index is 11.4. The lowest BCUT2D eigenvalue weighted by atomic mass is 9.64. The van der Waals surface area contributed by atoms with E-state index in [1.807, 2.05) is 0 Å². The van der Waals surface area contributed by atoms with Crippen molar-refractivity contribution < 1.29 is 14.3 Å². The molecule has 0 aromatic rings. The van der Waals surface area contributed by atoms with Crippen LogP contribution in [0.3, 0.4) is 0 Å². The second kappa shape index (κ2) is 2.80. The van der Waals surface area contributed by atoms with Gasteiger partial charge in [-0.05, 0) is 18.8 Å². The standard InChI is InChI=1S/C9H11BrO3/c1-2-3-5-4-6-7(11)13-8(12)9(5,6)10/h5-6H,2-4H2,1H3. The van der Waals surface area contributed by atoms with Crippen LogP contribution in [0.25, 0.3) is 0 Å². The van der Waals surface area contributed by atoms with Crippen molar-refractivity contribution in [3.05, 3.63) is 0 Å². The van der Waals surface area contributed by atoms with Gasteiger partial charge in [-0.25, -0.2) is 4.79 Å². The van der Waals surface area contributed by atoms with Crippen LogP contribution in [0.15, 0.2) is 0 Å². The van der Waals surface area contributed by atoms with Crippen LogP contribution >= 0.6 is 15.9 Å². The summed E-state index contributed by atoms with van der Waals surface area (Å²) < 4.78 is 3.94. The van der Waals surface area contributed by atoms with Crippen LogP contribution in [0.2, 0.25) is 0 Å². The molecule has 1 heterocycles. The summed E-state index contributed by atoms with van der Waals surface area (Å²) in [6, 6.07) is 0. The summed E-state index contributed by atoms with van der Waals surface area (Å²) in [7, 11) is 0. The molecule has 0 spiro atoms. The average molecular weight is 247 g/mol. The van der Waals surface area contributed by atoms with Crippen LogP contribution in [0.5, 0.6) is 0 Å². The normalized spacial score (nSPS) is 42.6. The topological polar surface area (TPSA) is 43.4 Å². The van der Waals surface area contributed by atoms with E-state index in [4.69, 9.17) is 0 Å². The number of ether oxygens (including phenoxy) is 1. The lowest BCUT2D eigenvalue weighted by molar-refractivity contribution is -0.152. The molecule has 0 aromatic heterocycles. The molecule has 3 unspecified atom stereocenters. The Bertz CT molecular complexity index is 276. The van der Waals surface area contributed by atoms with Gasteiger partial charge in [-0.1, -0.05) is 29.3 Å². The summed E-state index contributed by atoms with van der Waals surface area (Å²) in [5.41, 5.74) is 0. The minimum Gasteiger partial charge on any atom is -0.392 e. The summed E-state index contributed by atoms with van der Waals surface area (Å²) >= 11 is 3.37. The van der Waals surface area contributed by atoms with E-state index in [9.17, 15) is 9.59 Å². The van der Waals surface area contributed by atoms with Gasteiger partial charge in [-0.2, -0.15) is 0 Å². The lowest BCUT2D eigenvalue weighted by Gasteiger charge is -2.42. The van der Waals surface area contributed by atoms with Crippen molar-refractivity contribution in [1.29, 1.82) is 0 Å². The first-order valence-corrected chi connectivity index (χ1v) is 5.35. The number of esters is 2. The van der Waals surface area contributed by atoms with Crippen molar-refractivity contribution in [2.45, 2.75) is 30.5 Å². The first-order chi connectivity index (χ1) is 6.10. The van der Waals surface area contributed by atoms with Crippen LogP contribution in [0, 0.1) is 11.8 Å². The monoisotopic (exact) mass is 246 g/mol. The highest BCUT2D eigenvalue weighted by Gasteiger charge is 2.67. The minimum atomic E-state index is -0.667. The number of cyclic esters (lactones) is 2. The third-order valence-corrected chi connectivity index (χ3v) is 4.57. The number of hydrogen-bond acceptors (Lipinski definition) is 3. The van der Waals surface area contributed by atoms with Crippen molar-refractivity contribution in [3.63, 3.8) is 0 Å². The quantitative estimate of drug-likeness (QED) is 0.423. The Morgan fingerprint density at radius 1 is 1.62 bits per heavy atom. The molecule has 0 aromatic carbocycles. The molecule has 2 rings (SSSR count). The smallest absolute Gasteiger partial charge is 0.331 e. The van der Waals surface area contributed by atoms with Gasteiger partial charge in [0.25, 0.3) is 0 Å². The van der Waals surface area contributed by atoms with Crippen LogP contribution in [-0.2, 0) is 14.3 Å². The van der Waals surface area contributed by atoms with Crippen molar-refractivity contribution in [2.24, 2.45) is 11.8 Å². The maximum Gasteiger partial charge on any atom is 0.331 e. The predicted octanol–water partition coefficient (Wildman–Crippen LogP) is 1.64. The molecular formula is C9H11BrO3.